The van der Waals surface area contributed by atoms with Crippen LogP contribution in [0.5, 0.6) is 0 Å². The average molecular weight is 289 g/mol. The average Bonchev–Trinajstić information content (AvgIpc) is 2.37. The van der Waals surface area contributed by atoms with Crippen LogP contribution in [0.2, 0.25) is 0 Å². The number of halogens is 1. The number of nitrogens with zero attached hydrogens (tertiary/aromatic N) is 2. The Morgan fingerprint density at radius 3 is 2.40 bits per heavy atom. The highest BCUT2D eigenvalue weighted by Crippen LogP contribution is 2.27. The molecule has 0 saturated carbocycles. The molecule has 2 rings (SSSR count). The van der Waals surface area contributed by atoms with Gasteiger partial charge in [0.1, 0.15) is 16.6 Å². The van der Waals surface area contributed by atoms with Crippen LogP contribution in [0.4, 0.5) is 15.9 Å². The van der Waals surface area contributed by atoms with Gasteiger partial charge in [-0.15, -0.1) is 0 Å². The lowest BCUT2D eigenvalue weighted by molar-refractivity contribution is 0.628. The summed E-state index contributed by atoms with van der Waals surface area (Å²) in [5.41, 5.74) is 9.24. The first-order valence-electron chi connectivity index (χ1n) is 6.17. The molecule has 20 heavy (non-hydrogen) atoms. The van der Waals surface area contributed by atoms with Crippen molar-refractivity contribution in [1.29, 1.82) is 0 Å². The van der Waals surface area contributed by atoms with Crippen molar-refractivity contribution in [2.75, 3.05) is 11.9 Å². The van der Waals surface area contributed by atoms with Crippen molar-refractivity contribution in [2.24, 2.45) is 5.73 Å². The molecule has 0 amide bonds. The molecule has 0 aliphatic heterocycles. The number of aromatic nitrogens is 1. The molecule has 2 aromatic rings. The van der Waals surface area contributed by atoms with Crippen molar-refractivity contribution in [3.05, 3.63) is 53.0 Å². The van der Waals surface area contributed by atoms with Crippen LogP contribution >= 0.6 is 12.2 Å². The van der Waals surface area contributed by atoms with E-state index in [1.165, 1.54) is 12.1 Å². The van der Waals surface area contributed by atoms with Gasteiger partial charge in [0.2, 0.25) is 0 Å². The van der Waals surface area contributed by atoms with Crippen molar-refractivity contribution in [3.63, 3.8) is 0 Å². The van der Waals surface area contributed by atoms with Gasteiger partial charge in [0.25, 0.3) is 0 Å². The van der Waals surface area contributed by atoms with Crippen molar-refractivity contribution in [1.82, 2.24) is 4.98 Å². The fraction of sp³-hybridized carbons (Fsp3) is 0.200. The zero-order valence-electron chi connectivity index (χ0n) is 11.6. The molecule has 1 heterocycles. The van der Waals surface area contributed by atoms with Gasteiger partial charge >= 0.3 is 0 Å². The number of thiocarbonyl (C=S) groups is 1. The fourth-order valence-corrected chi connectivity index (χ4v) is 2.40. The summed E-state index contributed by atoms with van der Waals surface area (Å²) in [6.45, 7) is 3.86. The van der Waals surface area contributed by atoms with Gasteiger partial charge in [-0.05, 0) is 49.7 Å². The SMILES string of the molecule is Cc1cc(C)c(C(N)=S)c(N(C)c2ccc(F)cc2)n1. The number of pyridine rings is 1. The van der Waals surface area contributed by atoms with Gasteiger partial charge in [0.15, 0.2) is 0 Å². The summed E-state index contributed by atoms with van der Waals surface area (Å²) in [4.78, 5) is 6.68. The van der Waals surface area contributed by atoms with Gasteiger partial charge in [0, 0.05) is 18.4 Å². The molecule has 0 spiro atoms. The summed E-state index contributed by atoms with van der Waals surface area (Å²) in [7, 11) is 1.86. The lowest BCUT2D eigenvalue weighted by atomic mass is 10.1. The third-order valence-electron chi connectivity index (χ3n) is 3.10. The molecular formula is C15H16FN3S. The Bertz CT molecular complexity index is 653. The summed E-state index contributed by atoms with van der Waals surface area (Å²) >= 11 is 5.12. The highest BCUT2D eigenvalue weighted by atomic mass is 32.1. The number of aryl methyl sites for hydroxylation is 2. The lowest BCUT2D eigenvalue weighted by Gasteiger charge is -2.22. The molecule has 3 nitrogen and oxygen atoms in total. The van der Waals surface area contributed by atoms with E-state index in [0.29, 0.717) is 10.8 Å². The third-order valence-corrected chi connectivity index (χ3v) is 3.31. The number of nitrogens with two attached hydrogens (primary N) is 1. The van der Waals surface area contributed by atoms with E-state index >= 15 is 0 Å². The fourth-order valence-electron chi connectivity index (χ4n) is 2.15. The maximum Gasteiger partial charge on any atom is 0.143 e. The molecule has 0 aliphatic rings. The molecule has 0 radical (unpaired) electrons. The zero-order chi connectivity index (χ0) is 14.9. The normalized spacial score (nSPS) is 10.4. The number of hydrogen-bond acceptors (Lipinski definition) is 3. The maximum absolute atomic E-state index is 13.0. The van der Waals surface area contributed by atoms with Gasteiger partial charge in [-0.2, -0.15) is 0 Å². The molecule has 0 fully saturated rings. The Hall–Kier alpha value is -2.01. The van der Waals surface area contributed by atoms with E-state index in [2.05, 4.69) is 4.98 Å². The second-order valence-corrected chi connectivity index (χ2v) is 5.12. The molecular weight excluding hydrogens is 273 g/mol. The molecule has 0 atom stereocenters. The predicted octanol–water partition coefficient (Wildman–Crippen LogP) is 3.24. The summed E-state index contributed by atoms with van der Waals surface area (Å²) in [6.07, 6.45) is 0. The van der Waals surface area contributed by atoms with Crippen molar-refractivity contribution in [2.45, 2.75) is 13.8 Å². The standard InChI is InChI=1S/C15H16FN3S/c1-9-8-10(2)18-15(13(9)14(17)20)19(3)12-6-4-11(16)5-7-12/h4-8H,1-3H3,(H2,17,20). The predicted molar refractivity (Wildman–Crippen MR) is 84.1 cm³/mol. The summed E-state index contributed by atoms with van der Waals surface area (Å²) in [5.74, 6) is 0.409. The molecule has 0 bridgehead atoms. The van der Waals surface area contributed by atoms with Crippen LogP contribution in [0.25, 0.3) is 0 Å². The number of hydrogen-bond donors (Lipinski definition) is 1. The van der Waals surface area contributed by atoms with Crippen molar-refractivity contribution in [3.8, 4) is 0 Å². The minimum atomic E-state index is -0.273. The van der Waals surface area contributed by atoms with Gasteiger partial charge in [-0.1, -0.05) is 12.2 Å². The van der Waals surface area contributed by atoms with Crippen LogP contribution in [0, 0.1) is 19.7 Å². The van der Waals surface area contributed by atoms with E-state index in [9.17, 15) is 4.39 Å². The molecule has 0 aliphatic carbocycles. The monoisotopic (exact) mass is 289 g/mol. The summed E-state index contributed by atoms with van der Waals surface area (Å²) in [6, 6.07) is 8.15. The minimum absolute atomic E-state index is 0.273. The van der Waals surface area contributed by atoms with E-state index in [1.54, 1.807) is 12.1 Å². The van der Waals surface area contributed by atoms with Gasteiger partial charge in [-0.25, -0.2) is 9.37 Å². The first-order valence-corrected chi connectivity index (χ1v) is 6.58. The van der Waals surface area contributed by atoms with E-state index in [1.807, 2.05) is 31.9 Å². The first kappa shape index (κ1) is 14.4. The Morgan fingerprint density at radius 1 is 1.25 bits per heavy atom. The van der Waals surface area contributed by atoms with E-state index < -0.39 is 0 Å². The number of benzene rings is 1. The second kappa shape index (κ2) is 5.54. The molecule has 5 heteroatoms. The van der Waals surface area contributed by atoms with Crippen LogP contribution in [-0.2, 0) is 0 Å². The lowest BCUT2D eigenvalue weighted by Crippen LogP contribution is -2.21. The highest BCUT2D eigenvalue weighted by molar-refractivity contribution is 7.80. The Balaban J connectivity index is 2.56. The van der Waals surface area contributed by atoms with Crippen molar-refractivity contribution < 1.29 is 4.39 Å². The van der Waals surface area contributed by atoms with E-state index in [4.69, 9.17) is 18.0 Å². The quantitative estimate of drug-likeness (QED) is 0.881. The highest BCUT2D eigenvalue weighted by Gasteiger charge is 2.16. The summed E-state index contributed by atoms with van der Waals surface area (Å²) < 4.78 is 13.0. The molecule has 0 saturated heterocycles. The van der Waals surface area contributed by atoms with Crippen LogP contribution in [-0.4, -0.2) is 17.0 Å². The smallest absolute Gasteiger partial charge is 0.143 e. The first-order chi connectivity index (χ1) is 9.40. The molecule has 1 aromatic carbocycles. The zero-order valence-corrected chi connectivity index (χ0v) is 12.5. The summed E-state index contributed by atoms with van der Waals surface area (Å²) in [5, 5.41) is 0. The topological polar surface area (TPSA) is 42.1 Å². The van der Waals surface area contributed by atoms with Crippen LogP contribution in [0.3, 0.4) is 0 Å². The van der Waals surface area contributed by atoms with Crippen LogP contribution in [0.15, 0.2) is 30.3 Å². The third kappa shape index (κ3) is 2.77. The second-order valence-electron chi connectivity index (χ2n) is 4.68. The van der Waals surface area contributed by atoms with E-state index in [0.717, 1.165) is 22.5 Å². The van der Waals surface area contributed by atoms with Gasteiger partial charge in [0.05, 0.1) is 5.56 Å². The molecule has 0 unspecified atom stereocenters. The van der Waals surface area contributed by atoms with Gasteiger partial charge in [-0.3, -0.25) is 0 Å². The minimum Gasteiger partial charge on any atom is -0.389 e. The van der Waals surface area contributed by atoms with E-state index in [-0.39, 0.29) is 5.82 Å². The molecule has 1 aromatic heterocycles. The molecule has 2 N–H and O–H groups in total. The van der Waals surface area contributed by atoms with Gasteiger partial charge < -0.3 is 10.6 Å². The van der Waals surface area contributed by atoms with Crippen LogP contribution in [0.1, 0.15) is 16.8 Å². The molecule has 104 valence electrons. The maximum atomic E-state index is 13.0. The largest absolute Gasteiger partial charge is 0.389 e. The number of rotatable bonds is 3. The Morgan fingerprint density at radius 2 is 1.85 bits per heavy atom. The van der Waals surface area contributed by atoms with Crippen LogP contribution < -0.4 is 10.6 Å². The van der Waals surface area contributed by atoms with Crippen molar-refractivity contribution >= 4 is 28.7 Å². The Kier molecular flexibility index (Phi) is 3.99. The Labute approximate surface area is 123 Å². The number of anilines is 2.